The van der Waals surface area contributed by atoms with Crippen LogP contribution in [0.15, 0.2) is 42.7 Å². The molecule has 1 unspecified atom stereocenters. The number of hydrogen-bond acceptors (Lipinski definition) is 3. The lowest BCUT2D eigenvalue weighted by atomic mass is 9.95. The summed E-state index contributed by atoms with van der Waals surface area (Å²) in [5.41, 5.74) is 10.4. The number of benzene rings is 1. The molecule has 1 aromatic heterocycles. The molecule has 1 aliphatic heterocycles. The first-order chi connectivity index (χ1) is 9.24. The van der Waals surface area contributed by atoms with Crippen molar-refractivity contribution in [1.82, 2.24) is 4.98 Å². The van der Waals surface area contributed by atoms with Gasteiger partial charge in [-0.3, -0.25) is 9.78 Å². The van der Waals surface area contributed by atoms with Gasteiger partial charge >= 0.3 is 0 Å². The number of carbonyl (C=O) groups is 1. The van der Waals surface area contributed by atoms with Gasteiger partial charge in [0.25, 0.3) is 0 Å². The molecule has 3 N–H and O–H groups in total. The van der Waals surface area contributed by atoms with Crippen molar-refractivity contribution in [1.29, 1.82) is 0 Å². The standard InChI is InChI=1S/C15H15N3O/c16-15(10-5-7-17-8-6-10)12-1-3-13-11(9-12)2-4-14(19)18-13/h1,3,5-9,15H,2,4,16H2,(H,18,19). The quantitative estimate of drug-likeness (QED) is 0.860. The molecule has 4 nitrogen and oxygen atoms in total. The number of nitrogens with zero attached hydrogens (tertiary/aromatic N) is 1. The number of hydrogen-bond donors (Lipinski definition) is 2. The van der Waals surface area contributed by atoms with Crippen molar-refractivity contribution in [3.63, 3.8) is 0 Å². The van der Waals surface area contributed by atoms with Crippen LogP contribution < -0.4 is 11.1 Å². The number of nitrogens with two attached hydrogens (primary N) is 1. The van der Waals surface area contributed by atoms with Crippen LogP contribution in [0.5, 0.6) is 0 Å². The molecule has 0 fully saturated rings. The summed E-state index contributed by atoms with van der Waals surface area (Å²) in [5, 5.41) is 2.88. The Morgan fingerprint density at radius 1 is 1.11 bits per heavy atom. The van der Waals surface area contributed by atoms with Gasteiger partial charge in [-0.1, -0.05) is 12.1 Å². The van der Waals surface area contributed by atoms with Gasteiger partial charge in [-0.2, -0.15) is 0 Å². The van der Waals surface area contributed by atoms with Crippen LogP contribution >= 0.6 is 0 Å². The third-order valence-electron chi connectivity index (χ3n) is 3.45. The van der Waals surface area contributed by atoms with Gasteiger partial charge in [-0.25, -0.2) is 0 Å². The van der Waals surface area contributed by atoms with Gasteiger partial charge in [0.1, 0.15) is 0 Å². The van der Waals surface area contributed by atoms with Gasteiger partial charge in [0.05, 0.1) is 6.04 Å². The molecule has 96 valence electrons. The zero-order valence-corrected chi connectivity index (χ0v) is 10.5. The van der Waals surface area contributed by atoms with E-state index in [0.29, 0.717) is 6.42 Å². The highest BCUT2D eigenvalue weighted by Crippen LogP contribution is 2.27. The molecule has 19 heavy (non-hydrogen) atoms. The van der Waals surface area contributed by atoms with Crippen molar-refractivity contribution in [3.05, 3.63) is 59.4 Å². The Hall–Kier alpha value is -2.20. The second-order valence-corrected chi connectivity index (χ2v) is 4.72. The molecule has 1 atom stereocenters. The summed E-state index contributed by atoms with van der Waals surface area (Å²) in [6.07, 6.45) is 4.81. The second-order valence-electron chi connectivity index (χ2n) is 4.72. The molecule has 1 aliphatic rings. The fourth-order valence-corrected chi connectivity index (χ4v) is 2.36. The number of amides is 1. The van der Waals surface area contributed by atoms with E-state index in [1.807, 2.05) is 24.3 Å². The lowest BCUT2D eigenvalue weighted by Crippen LogP contribution is -2.20. The molecular weight excluding hydrogens is 238 g/mol. The Morgan fingerprint density at radius 3 is 2.68 bits per heavy atom. The highest BCUT2D eigenvalue weighted by molar-refractivity contribution is 5.93. The maximum atomic E-state index is 11.3. The van der Waals surface area contributed by atoms with Crippen LogP contribution in [0.3, 0.4) is 0 Å². The van der Waals surface area contributed by atoms with E-state index in [2.05, 4.69) is 16.4 Å². The number of nitrogens with one attached hydrogen (secondary N) is 1. The molecule has 0 saturated heterocycles. The van der Waals surface area contributed by atoms with Crippen LogP contribution in [0.2, 0.25) is 0 Å². The first kappa shape index (κ1) is 11.9. The number of pyridine rings is 1. The predicted molar refractivity (Wildman–Crippen MR) is 73.7 cm³/mol. The minimum Gasteiger partial charge on any atom is -0.326 e. The van der Waals surface area contributed by atoms with Crippen molar-refractivity contribution in [2.75, 3.05) is 5.32 Å². The molecule has 0 aliphatic carbocycles. The highest BCUT2D eigenvalue weighted by Gasteiger charge is 2.17. The minimum atomic E-state index is -0.161. The average Bonchev–Trinajstić information content (AvgIpc) is 2.47. The van der Waals surface area contributed by atoms with Crippen LogP contribution in [-0.4, -0.2) is 10.9 Å². The van der Waals surface area contributed by atoms with E-state index in [4.69, 9.17) is 5.73 Å². The second kappa shape index (κ2) is 4.82. The lowest BCUT2D eigenvalue weighted by Gasteiger charge is -2.20. The number of rotatable bonds is 2. The zero-order valence-electron chi connectivity index (χ0n) is 10.5. The molecule has 0 radical (unpaired) electrons. The summed E-state index contributed by atoms with van der Waals surface area (Å²) in [6.45, 7) is 0. The van der Waals surface area contributed by atoms with Crippen LogP contribution in [0.1, 0.15) is 29.2 Å². The summed E-state index contributed by atoms with van der Waals surface area (Å²) in [4.78, 5) is 15.3. The molecule has 1 amide bonds. The summed E-state index contributed by atoms with van der Waals surface area (Å²) in [7, 11) is 0. The van der Waals surface area contributed by atoms with Crippen molar-refractivity contribution >= 4 is 11.6 Å². The van der Waals surface area contributed by atoms with Gasteiger partial charge in [-0.15, -0.1) is 0 Å². The van der Waals surface area contributed by atoms with Gasteiger partial charge < -0.3 is 11.1 Å². The number of anilines is 1. The average molecular weight is 253 g/mol. The summed E-state index contributed by atoms with van der Waals surface area (Å²) in [6, 6.07) is 9.67. The molecule has 2 aromatic rings. The van der Waals surface area contributed by atoms with Gasteiger partial charge in [0, 0.05) is 24.5 Å². The fraction of sp³-hybridized carbons (Fsp3) is 0.200. The summed E-state index contributed by atoms with van der Waals surface area (Å²) < 4.78 is 0. The first-order valence-corrected chi connectivity index (χ1v) is 6.32. The van der Waals surface area contributed by atoms with Crippen LogP contribution in [0.25, 0.3) is 0 Å². The third-order valence-corrected chi connectivity index (χ3v) is 3.45. The highest BCUT2D eigenvalue weighted by atomic mass is 16.1. The van der Waals surface area contributed by atoms with Gasteiger partial charge in [0.15, 0.2) is 0 Å². The Morgan fingerprint density at radius 2 is 1.89 bits per heavy atom. The molecule has 0 saturated carbocycles. The van der Waals surface area contributed by atoms with Crippen molar-refractivity contribution in [2.24, 2.45) is 5.73 Å². The molecule has 0 bridgehead atoms. The number of aromatic nitrogens is 1. The Labute approximate surface area is 111 Å². The minimum absolute atomic E-state index is 0.0821. The predicted octanol–water partition coefficient (Wildman–Crippen LogP) is 2.01. The smallest absolute Gasteiger partial charge is 0.224 e. The monoisotopic (exact) mass is 253 g/mol. The van der Waals surface area contributed by atoms with E-state index in [-0.39, 0.29) is 11.9 Å². The SMILES string of the molecule is NC(c1ccncc1)c1ccc2c(c1)CCC(=O)N2. The van der Waals surface area contributed by atoms with E-state index < -0.39 is 0 Å². The third kappa shape index (κ3) is 2.35. The van der Waals surface area contributed by atoms with Crippen LogP contribution in [-0.2, 0) is 11.2 Å². The van der Waals surface area contributed by atoms with Crippen molar-refractivity contribution < 1.29 is 4.79 Å². The van der Waals surface area contributed by atoms with Crippen LogP contribution in [0, 0.1) is 0 Å². The van der Waals surface area contributed by atoms with Crippen molar-refractivity contribution in [2.45, 2.75) is 18.9 Å². The number of aryl methyl sites for hydroxylation is 1. The maximum absolute atomic E-state index is 11.3. The summed E-state index contributed by atoms with van der Waals surface area (Å²) >= 11 is 0. The zero-order chi connectivity index (χ0) is 13.2. The van der Waals surface area contributed by atoms with Gasteiger partial charge in [-0.05, 0) is 41.3 Å². The maximum Gasteiger partial charge on any atom is 0.224 e. The topological polar surface area (TPSA) is 68.0 Å². The Kier molecular flexibility index (Phi) is 3.01. The summed E-state index contributed by atoms with van der Waals surface area (Å²) in [5.74, 6) is 0.0821. The van der Waals surface area contributed by atoms with E-state index in [1.54, 1.807) is 12.4 Å². The Balaban J connectivity index is 1.92. The van der Waals surface area contributed by atoms with E-state index >= 15 is 0 Å². The first-order valence-electron chi connectivity index (χ1n) is 6.32. The Bertz CT molecular complexity index is 610. The molecule has 3 rings (SSSR count). The largest absolute Gasteiger partial charge is 0.326 e. The number of fused-ring (bicyclic) bond motifs is 1. The van der Waals surface area contributed by atoms with E-state index in [0.717, 1.165) is 28.8 Å². The van der Waals surface area contributed by atoms with Crippen molar-refractivity contribution in [3.8, 4) is 0 Å². The normalized spacial score (nSPS) is 15.5. The van der Waals surface area contributed by atoms with Crippen LogP contribution in [0.4, 0.5) is 5.69 Å². The molecule has 0 spiro atoms. The molecular formula is C15H15N3O. The number of carbonyl (C=O) groups excluding carboxylic acids is 1. The van der Waals surface area contributed by atoms with E-state index in [1.165, 1.54) is 0 Å². The fourth-order valence-electron chi connectivity index (χ4n) is 2.36. The lowest BCUT2D eigenvalue weighted by molar-refractivity contribution is -0.116. The van der Waals surface area contributed by atoms with E-state index in [9.17, 15) is 4.79 Å². The molecule has 1 aromatic carbocycles. The molecule has 4 heteroatoms. The van der Waals surface area contributed by atoms with Gasteiger partial charge in [0.2, 0.25) is 5.91 Å². The molecule has 2 heterocycles.